The van der Waals surface area contributed by atoms with Crippen molar-refractivity contribution in [2.75, 3.05) is 25.6 Å². The van der Waals surface area contributed by atoms with Crippen LogP contribution in [0.2, 0.25) is 0 Å². The lowest BCUT2D eigenvalue weighted by Crippen LogP contribution is -2.28. The molecule has 0 aliphatic heterocycles. The summed E-state index contributed by atoms with van der Waals surface area (Å²) in [7, 11) is 1.56. The molecule has 2 rings (SSSR count). The lowest BCUT2D eigenvalue weighted by molar-refractivity contribution is -0.120. The van der Waals surface area contributed by atoms with Gasteiger partial charge < -0.3 is 14.8 Å². The zero-order valence-corrected chi connectivity index (χ0v) is 17.0. The molecule has 0 unspecified atom stereocenters. The number of carbonyl (C=O) groups excluding carboxylic acids is 1. The quantitative estimate of drug-likeness (QED) is 0.228. The van der Waals surface area contributed by atoms with Crippen molar-refractivity contribution in [2.24, 2.45) is 5.10 Å². The first-order valence-corrected chi connectivity index (χ1v) is 9.59. The van der Waals surface area contributed by atoms with E-state index >= 15 is 0 Å². The lowest BCUT2D eigenvalue weighted by atomic mass is 10.2. The molecule has 0 spiro atoms. The number of ether oxygens (including phenoxy) is 2. The van der Waals surface area contributed by atoms with Crippen LogP contribution in [-0.2, 0) is 4.79 Å². The third-order valence-corrected chi connectivity index (χ3v) is 3.95. The zero-order valence-electron chi connectivity index (χ0n) is 17.0. The molecule has 162 valence electrons. The van der Waals surface area contributed by atoms with Gasteiger partial charge >= 0.3 is 5.69 Å². The number of carbonyl (C=O) groups is 1. The molecule has 0 aliphatic rings. The Labute approximate surface area is 172 Å². The van der Waals surface area contributed by atoms with Crippen LogP contribution in [0.3, 0.4) is 0 Å². The molecular formula is C19H26N6O5. The van der Waals surface area contributed by atoms with Gasteiger partial charge in [0.25, 0.3) is 5.56 Å². The van der Waals surface area contributed by atoms with Crippen molar-refractivity contribution in [1.82, 2.24) is 20.6 Å². The van der Waals surface area contributed by atoms with E-state index in [4.69, 9.17) is 9.47 Å². The number of hydrogen-bond donors (Lipinski definition) is 4. The molecule has 0 aliphatic carbocycles. The summed E-state index contributed by atoms with van der Waals surface area (Å²) < 4.78 is 11.1. The fourth-order valence-corrected chi connectivity index (χ4v) is 2.41. The number of aromatic amines is 2. The van der Waals surface area contributed by atoms with Crippen LogP contribution in [-0.4, -0.2) is 47.6 Å². The number of hydrogen-bond acceptors (Lipinski definition) is 8. The summed E-state index contributed by atoms with van der Waals surface area (Å²) in [5, 5.41) is 12.2. The lowest BCUT2D eigenvalue weighted by Gasteiger charge is -2.11. The first-order chi connectivity index (χ1) is 14.5. The molecule has 1 aromatic heterocycles. The molecular weight excluding hydrogens is 392 g/mol. The third kappa shape index (κ3) is 7.41. The van der Waals surface area contributed by atoms with Gasteiger partial charge in [-0.25, -0.2) is 15.3 Å². The molecule has 1 aromatic carbocycles. The molecule has 0 bridgehead atoms. The normalized spacial score (nSPS) is 10.7. The van der Waals surface area contributed by atoms with Crippen molar-refractivity contribution in [2.45, 2.75) is 32.6 Å². The standard InChI is InChI=1S/C19H26N6O5/c1-3-4-5-10-30-14-7-6-13(11-15(14)29-2)12-21-23-16(26)8-9-20-17-18(27)22-19(28)25-24-17/h6-7,11-12H,3-5,8-10H2,1-2H3,(H,20,24)(H,23,26)(H2,22,25,27,28)/b21-12+. The number of H-pyrrole nitrogens is 2. The second-order valence-electron chi connectivity index (χ2n) is 6.29. The highest BCUT2D eigenvalue weighted by atomic mass is 16.5. The second kappa shape index (κ2) is 12.0. The van der Waals surface area contributed by atoms with Gasteiger partial charge in [0.15, 0.2) is 11.5 Å². The molecule has 2 aromatic rings. The minimum absolute atomic E-state index is 0.0471. The van der Waals surface area contributed by atoms with Crippen LogP contribution in [0.4, 0.5) is 5.82 Å². The molecule has 0 saturated heterocycles. The smallest absolute Gasteiger partial charge is 0.342 e. The van der Waals surface area contributed by atoms with Gasteiger partial charge in [0.05, 0.1) is 19.9 Å². The van der Waals surface area contributed by atoms with E-state index in [1.807, 2.05) is 11.1 Å². The summed E-state index contributed by atoms with van der Waals surface area (Å²) >= 11 is 0. The van der Waals surface area contributed by atoms with Crippen molar-refractivity contribution < 1.29 is 14.3 Å². The number of amides is 1. The van der Waals surface area contributed by atoms with E-state index in [0.29, 0.717) is 18.1 Å². The predicted molar refractivity (Wildman–Crippen MR) is 112 cm³/mol. The molecule has 0 saturated carbocycles. The van der Waals surface area contributed by atoms with Crippen LogP contribution in [0.25, 0.3) is 0 Å². The molecule has 30 heavy (non-hydrogen) atoms. The third-order valence-electron chi connectivity index (χ3n) is 3.95. The van der Waals surface area contributed by atoms with Crippen LogP contribution >= 0.6 is 0 Å². The Morgan fingerprint density at radius 3 is 2.83 bits per heavy atom. The van der Waals surface area contributed by atoms with E-state index < -0.39 is 11.2 Å². The number of hydrazone groups is 1. The van der Waals surface area contributed by atoms with Crippen molar-refractivity contribution in [1.29, 1.82) is 0 Å². The average molecular weight is 418 g/mol. The first kappa shape index (κ1) is 22.7. The van der Waals surface area contributed by atoms with Crippen LogP contribution in [0.5, 0.6) is 11.5 Å². The van der Waals surface area contributed by atoms with Crippen LogP contribution in [0.15, 0.2) is 32.9 Å². The second-order valence-corrected chi connectivity index (χ2v) is 6.29. The molecule has 0 fully saturated rings. The Morgan fingerprint density at radius 2 is 2.10 bits per heavy atom. The number of anilines is 1. The Kier molecular flexibility index (Phi) is 9.10. The van der Waals surface area contributed by atoms with Gasteiger partial charge in [-0.1, -0.05) is 19.8 Å². The fourth-order valence-electron chi connectivity index (χ4n) is 2.41. The molecule has 4 N–H and O–H groups in total. The number of nitrogens with one attached hydrogen (secondary N) is 4. The number of rotatable bonds is 12. The van der Waals surface area contributed by atoms with Crippen LogP contribution in [0.1, 0.15) is 38.2 Å². The molecule has 1 amide bonds. The molecule has 11 nitrogen and oxygen atoms in total. The van der Waals surface area contributed by atoms with Crippen molar-refractivity contribution in [3.05, 3.63) is 44.6 Å². The maximum Gasteiger partial charge on any atom is 0.342 e. The van der Waals surface area contributed by atoms with E-state index in [0.717, 1.165) is 24.8 Å². The highest BCUT2D eigenvalue weighted by molar-refractivity contribution is 5.83. The summed E-state index contributed by atoms with van der Waals surface area (Å²) in [4.78, 5) is 36.2. The van der Waals surface area contributed by atoms with Gasteiger partial charge in [-0.2, -0.15) is 5.10 Å². The largest absolute Gasteiger partial charge is 0.493 e. The number of unbranched alkanes of at least 4 members (excludes halogenated alkanes) is 2. The van der Waals surface area contributed by atoms with E-state index in [2.05, 4.69) is 33.0 Å². The molecule has 1 heterocycles. The highest BCUT2D eigenvalue weighted by Gasteiger charge is 2.06. The maximum atomic E-state index is 11.8. The van der Waals surface area contributed by atoms with Crippen LogP contribution < -0.4 is 31.5 Å². The van der Waals surface area contributed by atoms with Gasteiger partial charge in [0.1, 0.15) is 0 Å². The number of aromatic nitrogens is 3. The van der Waals surface area contributed by atoms with Crippen molar-refractivity contribution in [3.63, 3.8) is 0 Å². The van der Waals surface area contributed by atoms with Crippen LogP contribution in [0, 0.1) is 0 Å². The summed E-state index contributed by atoms with van der Waals surface area (Å²) in [6.45, 7) is 2.90. The summed E-state index contributed by atoms with van der Waals surface area (Å²) in [6.07, 6.45) is 4.75. The SMILES string of the molecule is CCCCCOc1ccc(/C=N/NC(=O)CCNc2n[nH]c(=O)[nH]c2=O)cc1OC. The molecule has 0 atom stereocenters. The monoisotopic (exact) mass is 418 g/mol. The van der Waals surface area contributed by atoms with E-state index in [1.54, 1.807) is 19.2 Å². The first-order valence-electron chi connectivity index (χ1n) is 9.59. The Hall–Kier alpha value is -3.63. The van der Waals surface area contributed by atoms with Gasteiger partial charge in [-0.15, -0.1) is 5.10 Å². The number of methoxy groups -OCH3 is 1. The van der Waals surface area contributed by atoms with Gasteiger partial charge in [0.2, 0.25) is 11.7 Å². The van der Waals surface area contributed by atoms with Gasteiger partial charge in [0, 0.05) is 13.0 Å². The highest BCUT2D eigenvalue weighted by Crippen LogP contribution is 2.27. The van der Waals surface area contributed by atoms with Crippen molar-refractivity contribution in [3.8, 4) is 11.5 Å². The van der Waals surface area contributed by atoms with Crippen molar-refractivity contribution >= 4 is 17.9 Å². The minimum Gasteiger partial charge on any atom is -0.493 e. The topological polar surface area (TPSA) is 151 Å². The number of nitrogens with zero attached hydrogens (tertiary/aromatic N) is 2. The van der Waals surface area contributed by atoms with E-state index in [9.17, 15) is 14.4 Å². The Balaban J connectivity index is 1.80. The maximum absolute atomic E-state index is 11.8. The zero-order chi connectivity index (χ0) is 21.8. The van der Waals surface area contributed by atoms with E-state index in [-0.39, 0.29) is 24.7 Å². The molecule has 0 radical (unpaired) electrons. The minimum atomic E-state index is -0.703. The Bertz CT molecular complexity index is 968. The average Bonchev–Trinajstić information content (AvgIpc) is 2.73. The predicted octanol–water partition coefficient (Wildman–Crippen LogP) is 0.988. The summed E-state index contributed by atoms with van der Waals surface area (Å²) in [5.41, 5.74) is 1.76. The summed E-state index contributed by atoms with van der Waals surface area (Å²) in [5.74, 6) is 0.814. The fraction of sp³-hybridized carbons (Fsp3) is 0.421. The van der Waals surface area contributed by atoms with Gasteiger partial charge in [-0.05, 0) is 30.2 Å². The van der Waals surface area contributed by atoms with E-state index in [1.165, 1.54) is 6.21 Å². The molecule has 11 heteroatoms. The number of benzene rings is 1. The van der Waals surface area contributed by atoms with Gasteiger partial charge in [-0.3, -0.25) is 14.6 Å². The Morgan fingerprint density at radius 1 is 1.27 bits per heavy atom. The summed E-state index contributed by atoms with van der Waals surface area (Å²) in [6, 6.07) is 5.37.